The fourth-order valence-electron chi connectivity index (χ4n) is 2.56. The summed E-state index contributed by atoms with van der Waals surface area (Å²) in [5, 5.41) is 3.73. The van der Waals surface area contributed by atoms with Gasteiger partial charge in [-0.3, -0.25) is 0 Å². The van der Waals surface area contributed by atoms with Gasteiger partial charge in [0.15, 0.2) is 0 Å². The van der Waals surface area contributed by atoms with E-state index >= 15 is 0 Å². The molecule has 1 aliphatic rings. The first-order chi connectivity index (χ1) is 8.33. The van der Waals surface area contributed by atoms with Crippen LogP contribution in [0.2, 0.25) is 0 Å². The third-order valence-electron chi connectivity index (χ3n) is 4.77. The van der Waals surface area contributed by atoms with Crippen molar-refractivity contribution in [2.75, 3.05) is 20.1 Å². The first kappa shape index (κ1) is 16.0. The van der Waals surface area contributed by atoms with E-state index in [-0.39, 0.29) is 0 Å². The number of hydrogen-bond donors (Lipinski definition) is 1. The number of rotatable bonds is 9. The van der Waals surface area contributed by atoms with Crippen LogP contribution in [-0.2, 0) is 0 Å². The van der Waals surface area contributed by atoms with Crippen LogP contribution in [-0.4, -0.2) is 36.6 Å². The zero-order valence-electron chi connectivity index (χ0n) is 13.5. The van der Waals surface area contributed by atoms with Gasteiger partial charge in [0.05, 0.1) is 0 Å². The SMILES string of the molecule is CCCC(C)(CNC1CC1)CN(C)C(C)(C)CC. The highest BCUT2D eigenvalue weighted by molar-refractivity contribution is 4.89. The molecular weight excluding hydrogens is 220 g/mol. The molecule has 18 heavy (non-hydrogen) atoms. The van der Waals surface area contributed by atoms with Gasteiger partial charge in [-0.25, -0.2) is 0 Å². The molecule has 1 saturated carbocycles. The Bertz CT molecular complexity index is 245. The lowest BCUT2D eigenvalue weighted by atomic mass is 9.83. The van der Waals surface area contributed by atoms with E-state index < -0.39 is 0 Å². The molecule has 1 rings (SSSR count). The minimum absolute atomic E-state index is 0.314. The molecule has 1 fully saturated rings. The van der Waals surface area contributed by atoms with Gasteiger partial charge in [0.2, 0.25) is 0 Å². The normalized spacial score (nSPS) is 20.2. The van der Waals surface area contributed by atoms with Gasteiger partial charge in [0.25, 0.3) is 0 Å². The van der Waals surface area contributed by atoms with Crippen molar-refractivity contribution in [3.8, 4) is 0 Å². The molecule has 0 bridgehead atoms. The molecule has 0 heterocycles. The molecule has 1 N–H and O–H groups in total. The van der Waals surface area contributed by atoms with Crippen molar-refractivity contribution >= 4 is 0 Å². The third kappa shape index (κ3) is 4.89. The van der Waals surface area contributed by atoms with Crippen LogP contribution in [0.15, 0.2) is 0 Å². The Morgan fingerprint density at radius 1 is 1.17 bits per heavy atom. The highest BCUT2D eigenvalue weighted by Crippen LogP contribution is 2.29. The second-order valence-corrected chi connectivity index (χ2v) is 7.24. The Labute approximate surface area is 115 Å². The van der Waals surface area contributed by atoms with Gasteiger partial charge >= 0.3 is 0 Å². The van der Waals surface area contributed by atoms with Crippen molar-refractivity contribution in [3.05, 3.63) is 0 Å². The van der Waals surface area contributed by atoms with Crippen LogP contribution in [0, 0.1) is 5.41 Å². The van der Waals surface area contributed by atoms with Crippen LogP contribution in [0.3, 0.4) is 0 Å². The van der Waals surface area contributed by atoms with Crippen LogP contribution in [0.5, 0.6) is 0 Å². The average Bonchev–Trinajstić information content (AvgIpc) is 3.10. The highest BCUT2D eigenvalue weighted by Gasteiger charge is 2.32. The van der Waals surface area contributed by atoms with Crippen molar-refractivity contribution in [3.63, 3.8) is 0 Å². The van der Waals surface area contributed by atoms with Crippen LogP contribution < -0.4 is 5.32 Å². The van der Waals surface area contributed by atoms with E-state index in [1.54, 1.807) is 0 Å². The number of nitrogens with one attached hydrogen (secondary N) is 1. The minimum Gasteiger partial charge on any atom is -0.313 e. The fraction of sp³-hybridized carbons (Fsp3) is 1.00. The van der Waals surface area contributed by atoms with E-state index in [4.69, 9.17) is 0 Å². The largest absolute Gasteiger partial charge is 0.313 e. The van der Waals surface area contributed by atoms with Crippen LogP contribution in [0.1, 0.15) is 66.7 Å². The van der Waals surface area contributed by atoms with Crippen molar-refractivity contribution in [1.29, 1.82) is 0 Å². The molecule has 0 aromatic rings. The zero-order valence-corrected chi connectivity index (χ0v) is 13.5. The Balaban J connectivity index is 2.53. The number of nitrogens with zero attached hydrogens (tertiary/aromatic N) is 1. The van der Waals surface area contributed by atoms with Crippen molar-refractivity contribution in [2.45, 2.75) is 78.3 Å². The van der Waals surface area contributed by atoms with Crippen molar-refractivity contribution < 1.29 is 0 Å². The molecule has 2 nitrogen and oxygen atoms in total. The molecule has 0 radical (unpaired) electrons. The Kier molecular flexibility index (Phi) is 5.67. The predicted octanol–water partition coefficient (Wildman–Crippen LogP) is 3.67. The summed E-state index contributed by atoms with van der Waals surface area (Å²) in [5.74, 6) is 0. The summed E-state index contributed by atoms with van der Waals surface area (Å²) in [6.07, 6.45) is 6.58. The predicted molar refractivity (Wildman–Crippen MR) is 81.0 cm³/mol. The molecule has 0 spiro atoms. The van der Waals surface area contributed by atoms with E-state index in [9.17, 15) is 0 Å². The molecule has 0 aromatic heterocycles. The first-order valence-electron chi connectivity index (χ1n) is 7.77. The molecule has 2 heteroatoms. The second-order valence-electron chi connectivity index (χ2n) is 7.24. The van der Waals surface area contributed by atoms with Gasteiger partial charge in [-0.1, -0.05) is 27.2 Å². The lowest BCUT2D eigenvalue weighted by molar-refractivity contribution is 0.0836. The van der Waals surface area contributed by atoms with E-state index in [1.165, 1.54) is 45.2 Å². The van der Waals surface area contributed by atoms with E-state index in [1.807, 2.05) is 0 Å². The van der Waals surface area contributed by atoms with Gasteiger partial charge < -0.3 is 10.2 Å². The molecule has 0 aliphatic heterocycles. The standard InChI is InChI=1S/C16H34N2/c1-7-11-16(5,12-17-14-9-10-14)13-18(6)15(3,4)8-2/h14,17H,7-13H2,1-6H3. The lowest BCUT2D eigenvalue weighted by Gasteiger charge is -2.42. The van der Waals surface area contributed by atoms with Gasteiger partial charge in [-0.2, -0.15) is 0 Å². The third-order valence-corrected chi connectivity index (χ3v) is 4.77. The molecule has 0 saturated heterocycles. The zero-order chi connectivity index (χ0) is 13.8. The summed E-state index contributed by atoms with van der Waals surface area (Å²) >= 11 is 0. The molecular formula is C16H34N2. The summed E-state index contributed by atoms with van der Waals surface area (Å²) in [6, 6.07) is 0.825. The molecule has 1 aliphatic carbocycles. The maximum absolute atomic E-state index is 3.73. The molecule has 0 aromatic carbocycles. The maximum Gasteiger partial charge on any atom is 0.0147 e. The summed E-state index contributed by atoms with van der Waals surface area (Å²) in [5.41, 5.74) is 0.729. The molecule has 1 atom stereocenters. The average molecular weight is 254 g/mol. The van der Waals surface area contributed by atoms with E-state index in [0.717, 1.165) is 6.04 Å². The molecule has 108 valence electrons. The second kappa shape index (κ2) is 6.38. The van der Waals surface area contributed by atoms with Crippen LogP contribution >= 0.6 is 0 Å². The Morgan fingerprint density at radius 2 is 1.78 bits per heavy atom. The van der Waals surface area contributed by atoms with E-state index in [2.05, 4.69) is 51.9 Å². The molecule has 1 unspecified atom stereocenters. The van der Waals surface area contributed by atoms with Gasteiger partial charge in [0.1, 0.15) is 0 Å². The lowest BCUT2D eigenvalue weighted by Crippen LogP contribution is -2.49. The Hall–Kier alpha value is -0.0800. The minimum atomic E-state index is 0.314. The first-order valence-corrected chi connectivity index (χ1v) is 7.77. The van der Waals surface area contributed by atoms with Gasteiger partial charge in [-0.05, 0) is 52.0 Å². The monoisotopic (exact) mass is 254 g/mol. The smallest absolute Gasteiger partial charge is 0.0147 e. The summed E-state index contributed by atoms with van der Waals surface area (Å²) < 4.78 is 0. The highest BCUT2D eigenvalue weighted by atomic mass is 15.2. The Morgan fingerprint density at radius 3 is 2.22 bits per heavy atom. The maximum atomic E-state index is 3.73. The summed E-state index contributed by atoms with van der Waals surface area (Å²) in [7, 11) is 2.29. The van der Waals surface area contributed by atoms with Gasteiger partial charge in [0, 0.05) is 24.7 Å². The molecule has 0 amide bonds. The number of hydrogen-bond acceptors (Lipinski definition) is 2. The quantitative estimate of drug-likeness (QED) is 0.675. The summed E-state index contributed by atoms with van der Waals surface area (Å²) in [4.78, 5) is 2.55. The van der Waals surface area contributed by atoms with Crippen LogP contribution in [0.4, 0.5) is 0 Å². The van der Waals surface area contributed by atoms with Gasteiger partial charge in [-0.15, -0.1) is 0 Å². The topological polar surface area (TPSA) is 15.3 Å². The van der Waals surface area contributed by atoms with Crippen molar-refractivity contribution in [2.24, 2.45) is 5.41 Å². The fourth-order valence-corrected chi connectivity index (χ4v) is 2.56. The van der Waals surface area contributed by atoms with E-state index in [0.29, 0.717) is 11.0 Å². The van der Waals surface area contributed by atoms with Crippen LogP contribution in [0.25, 0.3) is 0 Å². The summed E-state index contributed by atoms with van der Waals surface area (Å²) in [6.45, 7) is 14.1. The van der Waals surface area contributed by atoms with Crippen molar-refractivity contribution in [1.82, 2.24) is 10.2 Å².